The fraction of sp³-hybridized carbons (Fsp3) is 0.500. The number of hydrogen-bond acceptors (Lipinski definition) is 5. The maximum absolute atomic E-state index is 12.3. The molecule has 2 rings (SSSR count). The molecule has 0 saturated carbocycles. The molecule has 108 valence electrons. The van der Waals surface area contributed by atoms with Crippen LogP contribution in [0.2, 0.25) is 5.15 Å². The molecule has 1 aliphatic heterocycles. The van der Waals surface area contributed by atoms with Gasteiger partial charge < -0.3 is 10.1 Å². The maximum atomic E-state index is 12.3. The smallest absolute Gasteiger partial charge is 0.300 e. The highest BCUT2D eigenvalue weighted by Gasteiger charge is 2.39. The van der Waals surface area contributed by atoms with Crippen LogP contribution in [0.25, 0.3) is 0 Å². The number of carbonyl (C=O) groups excluding carboxylic acids is 1. The van der Waals surface area contributed by atoms with Gasteiger partial charge in [0.1, 0.15) is 16.9 Å². The molecule has 0 aliphatic carbocycles. The monoisotopic (exact) mass is 299 g/mol. The highest BCUT2D eigenvalue weighted by Crippen LogP contribution is 2.27. The number of pyridine rings is 1. The second kappa shape index (κ2) is 5.34. The fourth-order valence-corrected chi connectivity index (χ4v) is 2.23. The SMILES string of the molecule is CC1OCCC1(C)NC(=O)c1cc(Cl)ncc1[N+](=O)[O-]. The van der Waals surface area contributed by atoms with Crippen molar-refractivity contribution < 1.29 is 14.5 Å². The van der Waals surface area contributed by atoms with Crippen LogP contribution in [0.5, 0.6) is 0 Å². The van der Waals surface area contributed by atoms with Gasteiger partial charge in [-0.05, 0) is 26.3 Å². The Morgan fingerprint density at radius 1 is 1.70 bits per heavy atom. The Hall–Kier alpha value is -1.73. The minimum absolute atomic E-state index is 0.0293. The second-order valence-electron chi connectivity index (χ2n) is 4.92. The molecule has 8 heteroatoms. The summed E-state index contributed by atoms with van der Waals surface area (Å²) in [4.78, 5) is 26.2. The Balaban J connectivity index is 2.29. The van der Waals surface area contributed by atoms with Gasteiger partial charge in [-0.2, -0.15) is 0 Å². The van der Waals surface area contributed by atoms with Crippen LogP contribution in [0.3, 0.4) is 0 Å². The van der Waals surface area contributed by atoms with E-state index < -0.39 is 16.4 Å². The van der Waals surface area contributed by atoms with Crippen LogP contribution in [-0.4, -0.2) is 34.1 Å². The number of rotatable bonds is 3. The average molecular weight is 300 g/mol. The average Bonchev–Trinajstić information content (AvgIpc) is 2.68. The summed E-state index contributed by atoms with van der Waals surface area (Å²) in [6.45, 7) is 4.23. The van der Waals surface area contributed by atoms with Crippen LogP contribution < -0.4 is 5.32 Å². The highest BCUT2D eigenvalue weighted by atomic mass is 35.5. The number of amides is 1. The zero-order valence-electron chi connectivity index (χ0n) is 11.1. The number of nitrogens with one attached hydrogen (secondary N) is 1. The normalized spacial score (nSPS) is 25.4. The number of nitrogens with zero attached hydrogens (tertiary/aromatic N) is 2. The Kier molecular flexibility index (Phi) is 3.92. The van der Waals surface area contributed by atoms with Crippen molar-refractivity contribution in [2.75, 3.05) is 6.61 Å². The third-order valence-electron chi connectivity index (χ3n) is 3.58. The minimum atomic E-state index is -0.658. The van der Waals surface area contributed by atoms with E-state index in [4.69, 9.17) is 16.3 Å². The molecule has 2 heterocycles. The Morgan fingerprint density at radius 2 is 2.40 bits per heavy atom. The molecular weight excluding hydrogens is 286 g/mol. The fourth-order valence-electron chi connectivity index (χ4n) is 2.08. The minimum Gasteiger partial charge on any atom is -0.376 e. The van der Waals surface area contributed by atoms with Crippen LogP contribution in [0.15, 0.2) is 12.3 Å². The molecule has 20 heavy (non-hydrogen) atoms. The van der Waals surface area contributed by atoms with Crippen molar-refractivity contribution in [2.45, 2.75) is 31.9 Å². The number of hydrogen-bond donors (Lipinski definition) is 1. The largest absolute Gasteiger partial charge is 0.376 e. The molecule has 0 spiro atoms. The van der Waals surface area contributed by atoms with Crippen molar-refractivity contribution in [3.8, 4) is 0 Å². The topological polar surface area (TPSA) is 94.4 Å². The molecule has 1 aromatic heterocycles. The van der Waals surface area contributed by atoms with Crippen LogP contribution in [-0.2, 0) is 4.74 Å². The van der Waals surface area contributed by atoms with Gasteiger partial charge in [0.2, 0.25) is 0 Å². The summed E-state index contributed by atoms with van der Waals surface area (Å²) in [5.41, 5.74) is -1.03. The first kappa shape index (κ1) is 14.7. The second-order valence-corrected chi connectivity index (χ2v) is 5.30. The van der Waals surface area contributed by atoms with E-state index in [9.17, 15) is 14.9 Å². The summed E-state index contributed by atoms with van der Waals surface area (Å²) in [6, 6.07) is 1.19. The van der Waals surface area contributed by atoms with Crippen LogP contribution >= 0.6 is 11.6 Å². The van der Waals surface area contributed by atoms with Gasteiger partial charge in [-0.25, -0.2) is 4.98 Å². The van der Waals surface area contributed by atoms with Gasteiger partial charge in [0.15, 0.2) is 0 Å². The summed E-state index contributed by atoms with van der Waals surface area (Å²) in [6.07, 6.45) is 1.46. The Labute approximate surface area is 120 Å². The lowest BCUT2D eigenvalue weighted by atomic mass is 9.94. The molecule has 2 atom stereocenters. The van der Waals surface area contributed by atoms with Gasteiger partial charge in [-0.3, -0.25) is 14.9 Å². The number of halogens is 1. The molecule has 1 aromatic rings. The van der Waals surface area contributed by atoms with Gasteiger partial charge in [0.25, 0.3) is 11.6 Å². The summed E-state index contributed by atoms with van der Waals surface area (Å²) in [5.74, 6) is -0.555. The highest BCUT2D eigenvalue weighted by molar-refractivity contribution is 6.29. The molecule has 0 bridgehead atoms. The predicted molar refractivity (Wildman–Crippen MR) is 71.8 cm³/mol. The first-order valence-corrected chi connectivity index (χ1v) is 6.45. The Bertz CT molecular complexity index is 566. The number of carbonyl (C=O) groups is 1. The first-order chi connectivity index (χ1) is 9.33. The number of ether oxygens (including phenoxy) is 1. The third kappa shape index (κ3) is 2.73. The summed E-state index contributed by atoms with van der Waals surface area (Å²) >= 11 is 5.71. The van der Waals surface area contributed by atoms with E-state index in [1.807, 2.05) is 13.8 Å². The van der Waals surface area contributed by atoms with E-state index in [1.54, 1.807) is 0 Å². The lowest BCUT2D eigenvalue weighted by Crippen LogP contribution is -2.50. The van der Waals surface area contributed by atoms with E-state index in [0.717, 1.165) is 6.20 Å². The van der Waals surface area contributed by atoms with E-state index in [2.05, 4.69) is 10.3 Å². The Morgan fingerprint density at radius 3 is 2.95 bits per heavy atom. The standard InChI is InChI=1S/C12H14ClN3O4/c1-7-12(2,3-4-20-7)15-11(17)8-5-10(13)14-6-9(8)16(18)19/h5-7H,3-4H2,1-2H3,(H,15,17). The van der Waals surface area contributed by atoms with Crippen molar-refractivity contribution in [3.63, 3.8) is 0 Å². The van der Waals surface area contributed by atoms with Crippen molar-refractivity contribution in [1.29, 1.82) is 0 Å². The molecule has 1 N–H and O–H groups in total. The molecule has 7 nitrogen and oxygen atoms in total. The van der Waals surface area contributed by atoms with Crippen molar-refractivity contribution in [1.82, 2.24) is 10.3 Å². The van der Waals surface area contributed by atoms with Gasteiger partial charge in [-0.15, -0.1) is 0 Å². The zero-order valence-corrected chi connectivity index (χ0v) is 11.8. The molecule has 1 saturated heterocycles. The van der Waals surface area contributed by atoms with Crippen molar-refractivity contribution >= 4 is 23.2 Å². The van der Waals surface area contributed by atoms with Crippen LogP contribution in [0.1, 0.15) is 30.6 Å². The molecule has 1 amide bonds. The van der Waals surface area contributed by atoms with Gasteiger partial charge in [0.05, 0.1) is 16.6 Å². The quantitative estimate of drug-likeness (QED) is 0.523. The van der Waals surface area contributed by atoms with Gasteiger partial charge >= 0.3 is 0 Å². The van der Waals surface area contributed by atoms with E-state index in [-0.39, 0.29) is 22.5 Å². The summed E-state index contributed by atoms with van der Waals surface area (Å²) < 4.78 is 5.42. The lowest BCUT2D eigenvalue weighted by molar-refractivity contribution is -0.385. The van der Waals surface area contributed by atoms with Crippen molar-refractivity contribution in [2.24, 2.45) is 0 Å². The van der Waals surface area contributed by atoms with Gasteiger partial charge in [-0.1, -0.05) is 11.6 Å². The third-order valence-corrected chi connectivity index (χ3v) is 3.78. The summed E-state index contributed by atoms with van der Waals surface area (Å²) in [7, 11) is 0. The van der Waals surface area contributed by atoms with Crippen LogP contribution in [0.4, 0.5) is 5.69 Å². The molecule has 0 aromatic carbocycles. The molecular formula is C12H14ClN3O4. The van der Waals surface area contributed by atoms with Crippen molar-refractivity contribution in [3.05, 3.63) is 33.1 Å². The molecule has 1 fully saturated rings. The lowest BCUT2D eigenvalue weighted by Gasteiger charge is -2.28. The van der Waals surface area contributed by atoms with Gasteiger partial charge in [0, 0.05) is 6.61 Å². The predicted octanol–water partition coefficient (Wildman–Crippen LogP) is 1.94. The van der Waals surface area contributed by atoms with E-state index in [1.165, 1.54) is 6.07 Å². The first-order valence-electron chi connectivity index (χ1n) is 6.07. The molecule has 0 radical (unpaired) electrons. The number of aromatic nitrogens is 1. The summed E-state index contributed by atoms with van der Waals surface area (Å²) in [5, 5.41) is 13.8. The maximum Gasteiger partial charge on any atom is 0.300 e. The zero-order chi connectivity index (χ0) is 14.9. The molecule has 1 aliphatic rings. The van der Waals surface area contributed by atoms with Crippen LogP contribution in [0, 0.1) is 10.1 Å². The molecule has 2 unspecified atom stereocenters. The van der Waals surface area contributed by atoms with E-state index in [0.29, 0.717) is 13.0 Å². The van der Waals surface area contributed by atoms with E-state index >= 15 is 0 Å². The number of nitro groups is 1.